The average molecular weight is 221 g/mol. The number of unbranched alkanes of at least 4 members (excludes halogenated alkanes) is 1. The minimum absolute atomic E-state index is 0.399. The molecule has 16 heavy (non-hydrogen) atoms. The molecule has 1 aliphatic rings. The molecule has 1 saturated carbocycles. The highest BCUT2D eigenvalue weighted by atomic mass is 14.6. The van der Waals surface area contributed by atoms with E-state index in [0.717, 1.165) is 31.1 Å². The Morgan fingerprint density at radius 2 is 2.00 bits per heavy atom. The van der Waals surface area contributed by atoms with E-state index in [1.165, 1.54) is 38.5 Å². The zero-order chi connectivity index (χ0) is 11.8. The largest absolute Gasteiger partial charge is 0.327 e. The van der Waals surface area contributed by atoms with Crippen LogP contribution >= 0.6 is 0 Å². The molecule has 0 aromatic carbocycles. The summed E-state index contributed by atoms with van der Waals surface area (Å²) in [6.07, 6.45) is 16.6. The van der Waals surface area contributed by atoms with E-state index in [-0.39, 0.29) is 0 Å². The third-order valence-electron chi connectivity index (χ3n) is 4.05. The first-order valence-corrected chi connectivity index (χ1v) is 6.97. The molecule has 1 rings (SSSR count). The van der Waals surface area contributed by atoms with Crippen LogP contribution in [0.5, 0.6) is 0 Å². The SMILES string of the molecule is C#CCCCC(N)C1CCC(CCC)CC1. The maximum atomic E-state index is 6.24. The molecule has 0 aromatic heterocycles. The van der Waals surface area contributed by atoms with Crippen LogP contribution in [0.15, 0.2) is 0 Å². The van der Waals surface area contributed by atoms with Gasteiger partial charge in [-0.15, -0.1) is 12.3 Å². The lowest BCUT2D eigenvalue weighted by Gasteiger charge is -2.32. The molecule has 1 heteroatoms. The summed E-state index contributed by atoms with van der Waals surface area (Å²) in [5, 5.41) is 0. The van der Waals surface area contributed by atoms with Gasteiger partial charge in [0.05, 0.1) is 0 Å². The van der Waals surface area contributed by atoms with Crippen LogP contribution in [-0.2, 0) is 0 Å². The standard InChI is InChI=1S/C15H27N/c1-3-5-6-8-15(16)14-11-9-13(7-4-2)10-12-14/h1,13-15H,4-12,16H2,2H3. The zero-order valence-corrected chi connectivity index (χ0v) is 10.8. The summed E-state index contributed by atoms with van der Waals surface area (Å²) < 4.78 is 0. The second-order valence-corrected chi connectivity index (χ2v) is 5.33. The van der Waals surface area contributed by atoms with E-state index in [0.29, 0.717) is 6.04 Å². The first-order chi connectivity index (χ1) is 7.77. The predicted octanol–water partition coefficient (Wildman–Crippen LogP) is 3.72. The van der Waals surface area contributed by atoms with Crippen molar-refractivity contribution in [3.8, 4) is 12.3 Å². The molecule has 0 saturated heterocycles. The van der Waals surface area contributed by atoms with Gasteiger partial charge in [0.15, 0.2) is 0 Å². The van der Waals surface area contributed by atoms with Crippen LogP contribution in [0.25, 0.3) is 0 Å². The van der Waals surface area contributed by atoms with Crippen molar-refractivity contribution in [2.75, 3.05) is 0 Å². The third-order valence-corrected chi connectivity index (χ3v) is 4.05. The lowest BCUT2D eigenvalue weighted by molar-refractivity contribution is 0.227. The van der Waals surface area contributed by atoms with Crippen molar-refractivity contribution in [1.29, 1.82) is 0 Å². The summed E-state index contributed by atoms with van der Waals surface area (Å²) >= 11 is 0. The van der Waals surface area contributed by atoms with Gasteiger partial charge in [-0.05, 0) is 37.5 Å². The lowest BCUT2D eigenvalue weighted by atomic mass is 9.76. The first kappa shape index (κ1) is 13.6. The Kier molecular flexibility index (Phi) is 6.57. The van der Waals surface area contributed by atoms with Gasteiger partial charge in [0, 0.05) is 12.5 Å². The topological polar surface area (TPSA) is 26.0 Å². The summed E-state index contributed by atoms with van der Waals surface area (Å²) in [5.41, 5.74) is 6.24. The van der Waals surface area contributed by atoms with E-state index in [9.17, 15) is 0 Å². The fraction of sp³-hybridized carbons (Fsp3) is 0.867. The van der Waals surface area contributed by atoms with Crippen molar-refractivity contribution in [3.63, 3.8) is 0 Å². The third kappa shape index (κ3) is 4.58. The molecule has 1 unspecified atom stereocenters. The van der Waals surface area contributed by atoms with Gasteiger partial charge in [-0.25, -0.2) is 0 Å². The molecule has 0 heterocycles. The van der Waals surface area contributed by atoms with E-state index in [4.69, 9.17) is 12.2 Å². The number of terminal acetylenes is 1. The van der Waals surface area contributed by atoms with Crippen LogP contribution in [-0.4, -0.2) is 6.04 Å². The van der Waals surface area contributed by atoms with Crippen molar-refractivity contribution < 1.29 is 0 Å². The zero-order valence-electron chi connectivity index (χ0n) is 10.8. The van der Waals surface area contributed by atoms with E-state index in [1.807, 2.05) is 0 Å². The van der Waals surface area contributed by atoms with E-state index in [1.54, 1.807) is 0 Å². The van der Waals surface area contributed by atoms with Crippen molar-refractivity contribution >= 4 is 0 Å². The summed E-state index contributed by atoms with van der Waals surface area (Å²) in [6.45, 7) is 2.29. The quantitative estimate of drug-likeness (QED) is 0.537. The summed E-state index contributed by atoms with van der Waals surface area (Å²) in [7, 11) is 0. The molecule has 0 spiro atoms. The minimum atomic E-state index is 0.399. The van der Waals surface area contributed by atoms with Gasteiger partial charge in [-0.3, -0.25) is 0 Å². The fourth-order valence-electron chi connectivity index (χ4n) is 2.99. The van der Waals surface area contributed by atoms with E-state index in [2.05, 4.69) is 12.8 Å². The molecule has 0 amide bonds. The molecule has 1 atom stereocenters. The molecule has 1 fully saturated rings. The second kappa shape index (κ2) is 7.74. The van der Waals surface area contributed by atoms with Crippen molar-refractivity contribution in [2.45, 2.75) is 70.8 Å². The van der Waals surface area contributed by atoms with Crippen LogP contribution in [0.3, 0.4) is 0 Å². The highest BCUT2D eigenvalue weighted by Crippen LogP contribution is 2.33. The Hall–Kier alpha value is -0.480. The van der Waals surface area contributed by atoms with Gasteiger partial charge in [-0.1, -0.05) is 32.6 Å². The lowest BCUT2D eigenvalue weighted by Crippen LogP contribution is -2.33. The molecule has 0 aromatic rings. The van der Waals surface area contributed by atoms with Gasteiger partial charge in [-0.2, -0.15) is 0 Å². The van der Waals surface area contributed by atoms with Gasteiger partial charge in [0.2, 0.25) is 0 Å². The molecular weight excluding hydrogens is 194 g/mol. The number of hydrogen-bond donors (Lipinski definition) is 1. The predicted molar refractivity (Wildman–Crippen MR) is 71.0 cm³/mol. The van der Waals surface area contributed by atoms with Gasteiger partial charge >= 0.3 is 0 Å². The van der Waals surface area contributed by atoms with Gasteiger partial charge in [0.1, 0.15) is 0 Å². The summed E-state index contributed by atoms with van der Waals surface area (Å²) in [4.78, 5) is 0. The monoisotopic (exact) mass is 221 g/mol. The van der Waals surface area contributed by atoms with E-state index >= 15 is 0 Å². The van der Waals surface area contributed by atoms with Crippen molar-refractivity contribution in [3.05, 3.63) is 0 Å². The van der Waals surface area contributed by atoms with Gasteiger partial charge in [0.25, 0.3) is 0 Å². The molecule has 2 N–H and O–H groups in total. The highest BCUT2D eigenvalue weighted by Gasteiger charge is 2.24. The van der Waals surface area contributed by atoms with Crippen LogP contribution in [0.1, 0.15) is 64.7 Å². The Labute approximate surface area is 101 Å². The summed E-state index contributed by atoms with van der Waals surface area (Å²) in [5.74, 6) is 4.45. The molecule has 92 valence electrons. The summed E-state index contributed by atoms with van der Waals surface area (Å²) in [6, 6.07) is 0.399. The Balaban J connectivity index is 2.17. The smallest absolute Gasteiger partial charge is 0.00866 e. The molecular formula is C15H27N. The van der Waals surface area contributed by atoms with E-state index < -0.39 is 0 Å². The number of hydrogen-bond acceptors (Lipinski definition) is 1. The molecule has 0 radical (unpaired) electrons. The normalized spacial score (nSPS) is 27.3. The number of nitrogens with two attached hydrogens (primary N) is 1. The second-order valence-electron chi connectivity index (χ2n) is 5.33. The van der Waals surface area contributed by atoms with Crippen LogP contribution in [0, 0.1) is 24.2 Å². The molecule has 0 bridgehead atoms. The fourth-order valence-corrected chi connectivity index (χ4v) is 2.99. The van der Waals surface area contributed by atoms with Gasteiger partial charge < -0.3 is 5.73 Å². The van der Waals surface area contributed by atoms with Crippen LogP contribution < -0.4 is 5.73 Å². The Morgan fingerprint density at radius 1 is 1.31 bits per heavy atom. The highest BCUT2D eigenvalue weighted by molar-refractivity contribution is 4.85. The number of rotatable bonds is 6. The Bertz CT molecular complexity index is 208. The maximum Gasteiger partial charge on any atom is 0.00866 e. The molecule has 1 nitrogen and oxygen atoms in total. The maximum absolute atomic E-state index is 6.24. The minimum Gasteiger partial charge on any atom is -0.327 e. The molecule has 0 aliphatic heterocycles. The molecule has 1 aliphatic carbocycles. The van der Waals surface area contributed by atoms with Crippen LogP contribution in [0.4, 0.5) is 0 Å². The average Bonchev–Trinajstić information content (AvgIpc) is 2.30. The Morgan fingerprint density at radius 3 is 2.56 bits per heavy atom. The van der Waals surface area contributed by atoms with Crippen molar-refractivity contribution in [1.82, 2.24) is 0 Å². The van der Waals surface area contributed by atoms with Crippen LogP contribution in [0.2, 0.25) is 0 Å². The first-order valence-electron chi connectivity index (χ1n) is 6.97. The van der Waals surface area contributed by atoms with Crippen molar-refractivity contribution in [2.24, 2.45) is 17.6 Å².